The van der Waals surface area contributed by atoms with Crippen LogP contribution in [-0.2, 0) is 33.6 Å². The van der Waals surface area contributed by atoms with Gasteiger partial charge in [0.15, 0.2) is 0 Å². The summed E-state index contributed by atoms with van der Waals surface area (Å²) in [5.74, 6) is 4.72. The Hall–Kier alpha value is 0.560. The molecule has 1 aromatic heterocycles. The van der Waals surface area contributed by atoms with Crippen LogP contribution in [0.2, 0.25) is 0 Å². The van der Waals surface area contributed by atoms with Gasteiger partial charge in [0.1, 0.15) is 0 Å². The predicted molar refractivity (Wildman–Crippen MR) is 490 cm³/mol. The number of thiol groups is 1. The molecular formula is C80H131N2NaO13S14. The van der Waals surface area contributed by atoms with Crippen molar-refractivity contribution in [3.8, 4) is 0 Å². The molecule has 624 valence electrons. The third-order valence-corrected chi connectivity index (χ3v) is 38.3. The van der Waals surface area contributed by atoms with E-state index in [1.807, 2.05) is 118 Å². The summed E-state index contributed by atoms with van der Waals surface area (Å²) in [5, 5.41) is 62.4. The van der Waals surface area contributed by atoms with E-state index in [1.165, 1.54) is 134 Å². The minimum absolute atomic E-state index is 0. The maximum Gasteiger partial charge on any atom is 1.00 e. The van der Waals surface area contributed by atoms with Crippen LogP contribution in [0.3, 0.4) is 0 Å². The van der Waals surface area contributed by atoms with Gasteiger partial charge in [0.25, 0.3) is 0 Å². The van der Waals surface area contributed by atoms with E-state index >= 15 is 0 Å². The van der Waals surface area contributed by atoms with Gasteiger partial charge >= 0.3 is 59.4 Å². The standard InChI is InChI=1S/C21H39NO3S4.C15H20O2S2.C14H19NO2S2.C11H20O2S2.C10H18O2S2.C9H16O2S2.Na/c1-2-3-4-7-17(11-14-26)28-16-19(23)22-13-10-21-27-15-12-18(29-21)8-5-6-9-20(24)25;16-14(17)9-5-4-8-13-10-11-18-15(19-13)12-6-2-1-3-7-12;16-13(17)4-2-1-3-12-7-10-18-14(19-12)11-5-8-15-9-6-11;1-11(2)14-8-7-9(15-11)5-3-4-6-10(12)13;1-8-13-7-6-9(14-8)4-2-3-5-10(11)12;10-9(11)4-2-1-3-8-5-6-12-7-13-8;/h17-18,21,26H,2-16H2,1H3,(H,22,23)(H,24,25);1-3,6-7,13,15H,4-5,8-11H2,(H,16,17);5-6,8-9,12,14H,1-4,7,10H2,(H,16,17);9H,3-8H2,1-2H3,(H,12,13);8-9H,2-7H2,1H3,(H,11,12);8H,1-7H2,(H,10,11);/q;;;;;;+1/p-1. The quantitative estimate of drug-likeness (QED) is 0.0185. The van der Waals surface area contributed by atoms with Gasteiger partial charge in [0.05, 0.1) is 23.6 Å². The Kier molecular flexibility index (Phi) is 67.1. The van der Waals surface area contributed by atoms with Crippen LogP contribution in [0.5, 0.6) is 0 Å². The van der Waals surface area contributed by atoms with Gasteiger partial charge in [0, 0.05) is 103 Å². The number of carboxylic acid groups (broad SMARTS) is 6. The number of hydrogen-bond donors (Lipinski definition) is 7. The summed E-state index contributed by atoms with van der Waals surface area (Å²) in [6.07, 6.45) is 38.2. The number of nitrogens with one attached hydrogen (secondary N) is 1. The zero-order valence-electron chi connectivity index (χ0n) is 66.3. The second kappa shape index (κ2) is 69.2. The van der Waals surface area contributed by atoms with Crippen LogP contribution in [0.25, 0.3) is 0 Å². The number of aromatic nitrogens is 1. The van der Waals surface area contributed by atoms with E-state index in [4.69, 9.17) is 25.5 Å². The smallest absolute Gasteiger partial charge is 0.550 e. The van der Waals surface area contributed by atoms with E-state index in [9.17, 15) is 38.7 Å². The van der Waals surface area contributed by atoms with Crippen molar-refractivity contribution in [2.45, 2.75) is 318 Å². The van der Waals surface area contributed by atoms with Gasteiger partial charge < -0.3 is 40.8 Å². The third kappa shape index (κ3) is 59.3. The van der Waals surface area contributed by atoms with E-state index < -0.39 is 35.8 Å². The molecule has 7 heterocycles. The van der Waals surface area contributed by atoms with Crippen molar-refractivity contribution in [2.75, 3.05) is 57.7 Å². The number of rotatable bonds is 44. The number of carboxylic acids is 6. The topological polar surface area (TPSA) is 269 Å². The van der Waals surface area contributed by atoms with Crippen molar-refractivity contribution in [1.29, 1.82) is 0 Å². The Balaban J connectivity index is 0.000000457. The number of unbranched alkanes of at least 4 members (excludes halogenated alkanes) is 8. The first-order chi connectivity index (χ1) is 52.5. The first kappa shape index (κ1) is 107. The largest absolute Gasteiger partial charge is 1.00 e. The summed E-state index contributed by atoms with van der Waals surface area (Å²) in [6.45, 7) is 9.80. The van der Waals surface area contributed by atoms with Gasteiger partial charge in [-0.3, -0.25) is 33.8 Å². The van der Waals surface area contributed by atoms with Crippen LogP contribution in [0.15, 0.2) is 54.9 Å². The molecule has 6 aliphatic heterocycles. The van der Waals surface area contributed by atoms with Crippen molar-refractivity contribution in [2.24, 2.45) is 0 Å². The summed E-state index contributed by atoms with van der Waals surface area (Å²) in [6, 6.07) is 14.9. The molecule has 0 radical (unpaired) electrons. The predicted octanol–water partition coefficient (Wildman–Crippen LogP) is 19.6. The number of amides is 1. The molecule has 110 heavy (non-hydrogen) atoms. The minimum atomic E-state index is -0.929. The summed E-state index contributed by atoms with van der Waals surface area (Å²) in [5.41, 5.74) is 2.75. The Labute approximate surface area is 744 Å². The van der Waals surface area contributed by atoms with Gasteiger partial charge in [-0.25, -0.2) is 0 Å². The van der Waals surface area contributed by atoms with Crippen LogP contribution >= 0.6 is 166 Å². The van der Waals surface area contributed by atoms with Gasteiger partial charge in [-0.2, -0.15) is 24.4 Å². The molecule has 1 aromatic carbocycles. The van der Waals surface area contributed by atoms with E-state index in [2.05, 4.69) is 128 Å². The molecule has 0 spiro atoms. The Morgan fingerprint density at radius 3 is 1.43 bits per heavy atom. The van der Waals surface area contributed by atoms with Crippen molar-refractivity contribution in [1.82, 2.24) is 10.3 Å². The Morgan fingerprint density at radius 2 is 0.964 bits per heavy atom. The zero-order valence-corrected chi connectivity index (χ0v) is 79.8. The molecule has 1 amide bonds. The molecule has 15 nitrogen and oxygen atoms in total. The number of thioether (sulfide) groups is 13. The van der Waals surface area contributed by atoms with E-state index in [1.54, 1.807) is 11.8 Å². The fourth-order valence-electron chi connectivity index (χ4n) is 12.5. The third-order valence-electron chi connectivity index (χ3n) is 18.4. The molecule has 6 saturated heterocycles. The number of carbonyl (C=O) groups is 7. The SMILES string of the molecule is CC1(C)SCCC(CCCCC(=O)O)S1.CC1SCCC(CCCCC(=O)O)S1.CCCCCC(CCS)SCC(=O)NCCC1SCCC(CCCCC(=O)O)S1.O=C(O)CCCCC1CCSC(c2ccccc2)S1.O=C(O)CCCCC1CCSCS1.O=C([O-])CCCCC1CCSC(c2ccncc2)S1.[Na+]. The second-order valence-corrected chi connectivity index (χ2v) is 49.0. The molecule has 6 fully saturated rings. The van der Waals surface area contributed by atoms with Crippen molar-refractivity contribution < 1.29 is 93.8 Å². The molecule has 6 aliphatic rings. The minimum Gasteiger partial charge on any atom is -0.550 e. The summed E-state index contributed by atoms with van der Waals surface area (Å²) in [7, 11) is 0. The van der Waals surface area contributed by atoms with Crippen LogP contribution < -0.4 is 40.0 Å². The first-order valence-corrected chi connectivity index (χ1v) is 53.6. The van der Waals surface area contributed by atoms with Gasteiger partial charge in [-0.1, -0.05) is 95.0 Å². The average Bonchev–Trinajstić information content (AvgIpc) is 0.877. The average molecular weight is 1800 g/mol. The summed E-state index contributed by atoms with van der Waals surface area (Å²) < 4.78 is 2.69. The fourth-order valence-corrected chi connectivity index (χ4v) is 33.5. The number of aliphatic carboxylic acids is 6. The molecule has 0 aliphatic carbocycles. The number of pyridine rings is 1. The van der Waals surface area contributed by atoms with Crippen molar-refractivity contribution in [3.63, 3.8) is 0 Å². The van der Waals surface area contributed by atoms with Crippen molar-refractivity contribution in [3.05, 3.63) is 66.0 Å². The monoisotopic (exact) mass is 1800 g/mol. The fraction of sp³-hybridized carbons (Fsp3) is 0.775. The van der Waals surface area contributed by atoms with E-state index in [-0.39, 0.29) is 48.3 Å². The maximum atomic E-state index is 12.2. The maximum absolute atomic E-state index is 12.2. The van der Waals surface area contributed by atoms with Crippen LogP contribution in [0.1, 0.15) is 279 Å². The number of nitrogens with zero attached hydrogens (tertiary/aromatic N) is 1. The molecule has 11 unspecified atom stereocenters. The van der Waals surface area contributed by atoms with E-state index in [0.717, 1.165) is 142 Å². The molecule has 2 aromatic rings. The number of hydrogen-bond acceptors (Lipinski definition) is 23. The van der Waals surface area contributed by atoms with Crippen LogP contribution in [0, 0.1) is 0 Å². The van der Waals surface area contributed by atoms with Gasteiger partial charge in [-0.05, 0) is 226 Å². The second-order valence-electron chi connectivity index (χ2n) is 28.3. The molecule has 0 saturated carbocycles. The molecule has 11 atom stereocenters. The van der Waals surface area contributed by atoms with Crippen molar-refractivity contribution >= 4 is 207 Å². The Bertz CT molecular complexity index is 2630. The molecule has 30 heteroatoms. The number of carbonyl (C=O) groups excluding carboxylic acids is 2. The molecule has 8 rings (SSSR count). The summed E-state index contributed by atoms with van der Waals surface area (Å²) in [4.78, 5) is 78.6. The van der Waals surface area contributed by atoms with Crippen LogP contribution in [-0.4, -0.2) is 180 Å². The van der Waals surface area contributed by atoms with E-state index in [0.29, 0.717) is 70.3 Å². The Morgan fingerprint density at radius 1 is 0.518 bits per heavy atom. The van der Waals surface area contributed by atoms with Gasteiger partial charge in [-0.15, -0.1) is 141 Å². The molecule has 6 N–H and O–H groups in total. The van der Waals surface area contributed by atoms with Gasteiger partial charge in [0.2, 0.25) is 5.91 Å². The number of benzene rings is 1. The normalized spacial score (nSPS) is 23.0. The first-order valence-electron chi connectivity index (χ1n) is 39.8. The van der Waals surface area contributed by atoms with Crippen LogP contribution in [0.4, 0.5) is 0 Å². The summed E-state index contributed by atoms with van der Waals surface area (Å²) >= 11 is 30.5. The zero-order chi connectivity index (χ0) is 79.5. The molecular weight excluding hydrogens is 1670 g/mol. The molecule has 0 bridgehead atoms.